The summed E-state index contributed by atoms with van der Waals surface area (Å²) in [5.74, 6) is -1.60. The molecule has 9 heteroatoms. The topological polar surface area (TPSA) is 143 Å². The van der Waals surface area contributed by atoms with E-state index in [4.69, 9.17) is 19.3 Å². The Balaban J connectivity index is 2.15. The number of carboxylic acid groups (broad SMARTS) is 1. The Morgan fingerprint density at radius 1 is 1.13 bits per heavy atom. The molecule has 1 heterocycles. The molecule has 0 amide bonds. The summed E-state index contributed by atoms with van der Waals surface area (Å²) in [7, 11) is 0. The summed E-state index contributed by atoms with van der Waals surface area (Å²) in [6.45, 7) is 7.13. The lowest BCUT2D eigenvalue weighted by Crippen LogP contribution is -2.61. The third-order valence-electron chi connectivity index (χ3n) is 4.44. The third-order valence-corrected chi connectivity index (χ3v) is 4.44. The number of hydrogen-bond acceptors (Lipinski definition) is 8. The number of rotatable bonds is 6. The van der Waals surface area contributed by atoms with Gasteiger partial charge in [0.05, 0.1) is 5.41 Å². The van der Waals surface area contributed by atoms with Crippen LogP contribution in [0.4, 0.5) is 0 Å². The number of aliphatic hydroxyl groups excluding tert-OH is 3. The van der Waals surface area contributed by atoms with Crippen LogP contribution >= 0.6 is 0 Å². The van der Waals surface area contributed by atoms with Crippen molar-refractivity contribution in [3.63, 3.8) is 0 Å². The Kier molecular flexibility index (Phi) is 7.59. The highest BCUT2D eigenvalue weighted by Crippen LogP contribution is 2.28. The number of aryl methyl sites for hydroxylation is 1. The number of ether oxygens (including phenoxy) is 3. The molecule has 0 saturated carbocycles. The monoisotopic (exact) mass is 424 g/mol. The van der Waals surface area contributed by atoms with Crippen LogP contribution in [0.3, 0.4) is 0 Å². The Morgan fingerprint density at radius 3 is 2.40 bits per heavy atom. The minimum Gasteiger partial charge on any atom is -0.479 e. The maximum atomic E-state index is 11.8. The normalized spacial score (nSPS) is 27.1. The molecule has 166 valence electrons. The fraction of sp³-hybridized carbons (Fsp3) is 0.524. The van der Waals surface area contributed by atoms with Gasteiger partial charge in [0.15, 0.2) is 6.10 Å². The van der Waals surface area contributed by atoms with E-state index in [0.717, 1.165) is 5.56 Å². The van der Waals surface area contributed by atoms with Gasteiger partial charge in [0.1, 0.15) is 30.7 Å². The van der Waals surface area contributed by atoms with E-state index in [1.807, 2.05) is 6.92 Å². The number of aliphatic hydroxyl groups is 3. The fourth-order valence-corrected chi connectivity index (χ4v) is 2.70. The zero-order valence-corrected chi connectivity index (χ0v) is 17.3. The van der Waals surface area contributed by atoms with Crippen molar-refractivity contribution in [2.75, 3.05) is 6.61 Å². The highest BCUT2D eigenvalue weighted by atomic mass is 16.7. The van der Waals surface area contributed by atoms with Gasteiger partial charge in [-0.2, -0.15) is 0 Å². The Labute approximate surface area is 174 Å². The molecule has 1 saturated heterocycles. The van der Waals surface area contributed by atoms with Crippen LogP contribution in [0.15, 0.2) is 24.3 Å². The Hall–Kier alpha value is -2.46. The second-order valence-corrected chi connectivity index (χ2v) is 8.15. The molecule has 0 spiro atoms. The number of aliphatic carboxylic acids is 1. The summed E-state index contributed by atoms with van der Waals surface area (Å²) in [4.78, 5) is 23.1. The van der Waals surface area contributed by atoms with Gasteiger partial charge in [-0.25, -0.2) is 4.79 Å². The summed E-state index contributed by atoms with van der Waals surface area (Å²) >= 11 is 0. The number of carbonyl (C=O) groups excluding carboxylic acids is 1. The summed E-state index contributed by atoms with van der Waals surface area (Å²) < 4.78 is 15.9. The molecule has 1 unspecified atom stereocenters. The van der Waals surface area contributed by atoms with Crippen molar-refractivity contribution in [1.82, 2.24) is 0 Å². The molecule has 30 heavy (non-hydrogen) atoms. The van der Waals surface area contributed by atoms with Gasteiger partial charge in [0.25, 0.3) is 0 Å². The van der Waals surface area contributed by atoms with E-state index in [0.29, 0.717) is 5.56 Å². The molecule has 2 rings (SSSR count). The average Bonchev–Trinajstić information content (AvgIpc) is 2.65. The number of carbonyl (C=O) groups is 2. The molecule has 5 atom stereocenters. The predicted molar refractivity (Wildman–Crippen MR) is 106 cm³/mol. The smallest absolute Gasteiger partial charge is 0.335 e. The molecule has 4 N–H and O–H groups in total. The van der Waals surface area contributed by atoms with Gasteiger partial charge in [-0.1, -0.05) is 17.7 Å². The lowest BCUT2D eigenvalue weighted by molar-refractivity contribution is -0.271. The first-order valence-electron chi connectivity index (χ1n) is 9.45. The molecular weight excluding hydrogens is 396 g/mol. The molecule has 0 aromatic heterocycles. The van der Waals surface area contributed by atoms with Gasteiger partial charge in [-0.3, -0.25) is 4.79 Å². The van der Waals surface area contributed by atoms with Gasteiger partial charge in [0.2, 0.25) is 6.29 Å². The van der Waals surface area contributed by atoms with Crippen molar-refractivity contribution in [1.29, 1.82) is 0 Å². The minimum atomic E-state index is -1.80. The lowest BCUT2D eigenvalue weighted by Gasteiger charge is -2.38. The van der Waals surface area contributed by atoms with E-state index in [-0.39, 0.29) is 18.3 Å². The molecule has 1 aromatic carbocycles. The molecule has 1 fully saturated rings. The van der Waals surface area contributed by atoms with Crippen molar-refractivity contribution in [3.05, 3.63) is 35.4 Å². The molecule has 1 aliphatic rings. The van der Waals surface area contributed by atoms with Crippen LogP contribution in [0.2, 0.25) is 0 Å². The highest BCUT2D eigenvalue weighted by Gasteiger charge is 2.48. The van der Waals surface area contributed by atoms with E-state index in [2.05, 4.69) is 0 Å². The lowest BCUT2D eigenvalue weighted by atomic mass is 9.97. The van der Waals surface area contributed by atoms with Gasteiger partial charge in [0, 0.05) is 5.56 Å². The van der Waals surface area contributed by atoms with Crippen LogP contribution < -0.4 is 4.74 Å². The predicted octanol–water partition coefficient (Wildman–Crippen LogP) is 0.869. The van der Waals surface area contributed by atoms with E-state index in [1.54, 1.807) is 51.1 Å². The maximum Gasteiger partial charge on any atom is 0.335 e. The van der Waals surface area contributed by atoms with Crippen LogP contribution in [-0.2, 0) is 19.1 Å². The number of carboxylic acids is 1. The Bertz CT molecular complexity index is 796. The fourth-order valence-electron chi connectivity index (χ4n) is 2.70. The highest BCUT2D eigenvalue weighted by molar-refractivity contribution is 5.75. The van der Waals surface area contributed by atoms with Crippen molar-refractivity contribution in [2.24, 2.45) is 5.41 Å². The second kappa shape index (κ2) is 9.57. The van der Waals surface area contributed by atoms with E-state index in [1.165, 1.54) is 0 Å². The average molecular weight is 424 g/mol. The van der Waals surface area contributed by atoms with Crippen molar-refractivity contribution in [3.8, 4) is 5.75 Å². The first-order chi connectivity index (χ1) is 13.9. The van der Waals surface area contributed by atoms with E-state index >= 15 is 0 Å². The first kappa shape index (κ1) is 23.8. The van der Waals surface area contributed by atoms with Crippen LogP contribution in [0.25, 0.3) is 6.08 Å². The van der Waals surface area contributed by atoms with E-state index in [9.17, 15) is 24.9 Å². The van der Waals surface area contributed by atoms with Crippen molar-refractivity contribution < 1.29 is 44.2 Å². The number of hydrogen-bond donors (Lipinski definition) is 4. The third kappa shape index (κ3) is 5.79. The largest absolute Gasteiger partial charge is 0.479 e. The molecule has 1 aromatic rings. The molecule has 0 bridgehead atoms. The zero-order chi connectivity index (χ0) is 22.6. The van der Waals surface area contributed by atoms with Crippen molar-refractivity contribution >= 4 is 18.0 Å². The van der Waals surface area contributed by atoms with Crippen LogP contribution in [-0.4, -0.2) is 69.7 Å². The standard InChI is InChI=1S/C21H28O9/c1-11-7-8-13(12(10-11)6-5-9-28-20(27)21(2,3)4)29-19-16(24)14(22)15(23)17(30-19)18(25)26/h5-8,10,14-17,19,22-24H,9H2,1-4H3,(H,25,26)/b6-5+/t14-,15-,16+,17-,19?/m0/s1. The molecule has 1 aliphatic heterocycles. The van der Waals surface area contributed by atoms with Crippen LogP contribution in [0.5, 0.6) is 5.75 Å². The van der Waals surface area contributed by atoms with Gasteiger partial charge in [-0.05, 0) is 45.9 Å². The SMILES string of the molecule is Cc1ccc(OC2O[C@H](C(=O)O)[C@@H](O)[C@H](O)[C@H]2O)c(/C=C/COC(=O)C(C)(C)C)c1. The molecular formula is C21H28O9. The molecule has 0 radical (unpaired) electrons. The maximum absolute atomic E-state index is 11.8. The number of benzene rings is 1. The zero-order valence-electron chi connectivity index (χ0n) is 17.3. The Morgan fingerprint density at radius 2 is 1.80 bits per heavy atom. The second-order valence-electron chi connectivity index (χ2n) is 8.15. The number of esters is 1. The minimum absolute atomic E-state index is 0.0397. The van der Waals surface area contributed by atoms with E-state index < -0.39 is 42.1 Å². The summed E-state index contributed by atoms with van der Waals surface area (Å²) in [5.41, 5.74) is 0.842. The van der Waals surface area contributed by atoms with Gasteiger partial charge >= 0.3 is 11.9 Å². The first-order valence-corrected chi connectivity index (χ1v) is 9.45. The van der Waals surface area contributed by atoms with Crippen LogP contribution in [0, 0.1) is 12.3 Å². The molecule has 9 nitrogen and oxygen atoms in total. The van der Waals surface area contributed by atoms with Crippen molar-refractivity contribution in [2.45, 2.75) is 58.4 Å². The summed E-state index contributed by atoms with van der Waals surface area (Å²) in [6.07, 6.45) is -5.23. The van der Waals surface area contributed by atoms with Gasteiger partial charge in [-0.15, -0.1) is 0 Å². The summed E-state index contributed by atoms with van der Waals surface area (Å²) in [6, 6.07) is 5.10. The van der Waals surface area contributed by atoms with Gasteiger partial charge < -0.3 is 34.6 Å². The summed E-state index contributed by atoms with van der Waals surface area (Å²) in [5, 5.41) is 39.0. The van der Waals surface area contributed by atoms with Crippen LogP contribution in [0.1, 0.15) is 31.9 Å². The quantitative estimate of drug-likeness (QED) is 0.489. The molecule has 0 aliphatic carbocycles.